The number of benzene rings is 2. The normalized spacial score (nSPS) is 18.3. The topological polar surface area (TPSA) is 38.8 Å². The van der Waals surface area contributed by atoms with Gasteiger partial charge in [0.25, 0.3) is 0 Å². The molecule has 1 aliphatic rings. The lowest BCUT2D eigenvalue weighted by Crippen LogP contribution is -2.34. The quantitative estimate of drug-likeness (QED) is 0.789. The summed E-state index contributed by atoms with van der Waals surface area (Å²) in [6.07, 6.45) is 3.92. The minimum absolute atomic E-state index is 0.106. The van der Waals surface area contributed by atoms with Crippen LogP contribution in [0.3, 0.4) is 0 Å². The molecule has 0 aromatic heterocycles. The molecule has 134 valence electrons. The van der Waals surface area contributed by atoms with Crippen LogP contribution in [0.2, 0.25) is 0 Å². The van der Waals surface area contributed by atoms with Gasteiger partial charge in [-0.05, 0) is 54.6 Å². The van der Waals surface area contributed by atoms with E-state index in [0.717, 1.165) is 33.8 Å². The molecule has 0 radical (unpaired) electrons. The van der Waals surface area contributed by atoms with Crippen molar-refractivity contribution in [1.82, 2.24) is 4.90 Å². The predicted molar refractivity (Wildman–Crippen MR) is 104 cm³/mol. The first-order valence-electron chi connectivity index (χ1n) is 8.51. The van der Waals surface area contributed by atoms with Crippen LogP contribution in [-0.4, -0.2) is 45.0 Å². The standard InChI is InChI=1S/C22H23NO3/c1-23-14-18(12-16-4-8-20(25-2)9-5-16)22(24)19(15-23)13-17-6-10-21(26-3)11-7-17/h4-13H,14-15H2,1-3H3. The van der Waals surface area contributed by atoms with E-state index in [-0.39, 0.29) is 5.78 Å². The lowest BCUT2D eigenvalue weighted by atomic mass is 9.94. The molecule has 0 N–H and O–H groups in total. The summed E-state index contributed by atoms with van der Waals surface area (Å²) in [7, 11) is 5.31. The largest absolute Gasteiger partial charge is 0.497 e. The Bertz CT molecular complexity index is 763. The lowest BCUT2D eigenvalue weighted by molar-refractivity contribution is -0.113. The molecule has 0 spiro atoms. The Balaban J connectivity index is 1.86. The van der Waals surface area contributed by atoms with Gasteiger partial charge in [0.15, 0.2) is 5.78 Å². The zero-order chi connectivity index (χ0) is 18.5. The molecule has 2 aromatic rings. The zero-order valence-electron chi connectivity index (χ0n) is 15.4. The van der Waals surface area contributed by atoms with E-state index < -0.39 is 0 Å². The summed E-state index contributed by atoms with van der Waals surface area (Å²) in [5.41, 5.74) is 3.58. The Morgan fingerprint density at radius 1 is 0.769 bits per heavy atom. The summed E-state index contributed by atoms with van der Waals surface area (Å²) in [6.45, 7) is 1.29. The predicted octanol–water partition coefficient (Wildman–Crippen LogP) is 3.69. The third-order valence-electron chi connectivity index (χ3n) is 4.38. The van der Waals surface area contributed by atoms with Crippen molar-refractivity contribution in [3.8, 4) is 11.5 Å². The molecule has 1 aliphatic heterocycles. The van der Waals surface area contributed by atoms with Gasteiger partial charge in [-0.1, -0.05) is 24.3 Å². The first kappa shape index (κ1) is 18.0. The van der Waals surface area contributed by atoms with Crippen molar-refractivity contribution in [2.45, 2.75) is 0 Å². The minimum atomic E-state index is 0.106. The first-order chi connectivity index (χ1) is 12.6. The van der Waals surface area contributed by atoms with Crippen LogP contribution in [-0.2, 0) is 4.79 Å². The molecule has 0 bridgehead atoms. The smallest absolute Gasteiger partial charge is 0.187 e. The van der Waals surface area contributed by atoms with Crippen molar-refractivity contribution in [3.63, 3.8) is 0 Å². The van der Waals surface area contributed by atoms with E-state index in [1.165, 1.54) is 0 Å². The number of ketones is 1. The highest BCUT2D eigenvalue weighted by molar-refractivity contribution is 6.14. The lowest BCUT2D eigenvalue weighted by Gasteiger charge is -2.26. The van der Waals surface area contributed by atoms with Crippen molar-refractivity contribution in [3.05, 3.63) is 70.8 Å². The molecule has 0 atom stereocenters. The summed E-state index contributed by atoms with van der Waals surface area (Å²) >= 11 is 0. The molecule has 0 saturated carbocycles. The maximum absolute atomic E-state index is 12.9. The summed E-state index contributed by atoms with van der Waals surface area (Å²) in [5, 5.41) is 0. The van der Waals surface area contributed by atoms with Gasteiger partial charge in [-0.15, -0.1) is 0 Å². The number of likely N-dealkylation sites (N-methyl/N-ethyl adjacent to an activating group) is 1. The van der Waals surface area contributed by atoms with E-state index in [4.69, 9.17) is 9.47 Å². The van der Waals surface area contributed by atoms with Gasteiger partial charge in [0, 0.05) is 24.2 Å². The SMILES string of the molecule is COc1ccc(C=C2CN(C)CC(=Cc3ccc(OC)cc3)C2=O)cc1. The summed E-state index contributed by atoms with van der Waals surface area (Å²) in [6, 6.07) is 15.4. The van der Waals surface area contributed by atoms with Crippen LogP contribution in [0.4, 0.5) is 0 Å². The van der Waals surface area contributed by atoms with Gasteiger partial charge in [-0.3, -0.25) is 9.69 Å². The third kappa shape index (κ3) is 4.21. The summed E-state index contributed by atoms with van der Waals surface area (Å²) in [5.74, 6) is 1.72. The summed E-state index contributed by atoms with van der Waals surface area (Å²) < 4.78 is 10.4. The average molecular weight is 349 g/mol. The molecule has 4 heteroatoms. The second-order valence-corrected chi connectivity index (χ2v) is 6.39. The number of likely N-dealkylation sites (tertiary alicyclic amines) is 1. The highest BCUT2D eigenvalue weighted by Crippen LogP contribution is 2.23. The number of rotatable bonds is 4. The van der Waals surface area contributed by atoms with Crippen LogP contribution >= 0.6 is 0 Å². The average Bonchev–Trinajstić information content (AvgIpc) is 2.66. The number of nitrogens with zero attached hydrogens (tertiary/aromatic N) is 1. The van der Waals surface area contributed by atoms with Crippen LogP contribution in [0.1, 0.15) is 11.1 Å². The van der Waals surface area contributed by atoms with Gasteiger partial charge in [0.2, 0.25) is 0 Å². The first-order valence-corrected chi connectivity index (χ1v) is 8.51. The molecule has 0 amide bonds. The monoisotopic (exact) mass is 349 g/mol. The molecule has 0 unspecified atom stereocenters. The fraction of sp³-hybridized carbons (Fsp3) is 0.227. The Kier molecular flexibility index (Phi) is 5.54. The van der Waals surface area contributed by atoms with Gasteiger partial charge in [0.05, 0.1) is 14.2 Å². The van der Waals surface area contributed by atoms with Crippen molar-refractivity contribution in [1.29, 1.82) is 0 Å². The van der Waals surface area contributed by atoms with Crippen LogP contribution in [0.5, 0.6) is 11.5 Å². The molecule has 0 aliphatic carbocycles. The number of piperidine rings is 1. The van der Waals surface area contributed by atoms with Crippen molar-refractivity contribution in [2.24, 2.45) is 0 Å². The van der Waals surface area contributed by atoms with Gasteiger partial charge in [-0.2, -0.15) is 0 Å². The fourth-order valence-electron chi connectivity index (χ4n) is 3.01. The van der Waals surface area contributed by atoms with Crippen LogP contribution in [0.15, 0.2) is 59.7 Å². The molecule has 1 fully saturated rings. The van der Waals surface area contributed by atoms with E-state index in [1.54, 1.807) is 14.2 Å². The molecule has 2 aromatic carbocycles. The molecular weight excluding hydrogens is 326 g/mol. The highest BCUT2D eigenvalue weighted by Gasteiger charge is 2.23. The zero-order valence-corrected chi connectivity index (χ0v) is 15.4. The number of ether oxygens (including phenoxy) is 2. The van der Waals surface area contributed by atoms with E-state index in [2.05, 4.69) is 4.90 Å². The number of Topliss-reactive ketones (excluding diaryl/α,β-unsaturated/α-hetero) is 1. The second-order valence-electron chi connectivity index (χ2n) is 6.39. The van der Waals surface area contributed by atoms with Crippen molar-refractivity contribution in [2.75, 3.05) is 34.4 Å². The van der Waals surface area contributed by atoms with Crippen molar-refractivity contribution < 1.29 is 14.3 Å². The van der Waals surface area contributed by atoms with Crippen LogP contribution < -0.4 is 9.47 Å². The molecule has 1 heterocycles. The van der Waals surface area contributed by atoms with E-state index in [9.17, 15) is 4.79 Å². The molecule has 26 heavy (non-hydrogen) atoms. The number of hydrogen-bond acceptors (Lipinski definition) is 4. The fourth-order valence-corrected chi connectivity index (χ4v) is 3.01. The molecule has 3 rings (SSSR count). The van der Waals surface area contributed by atoms with E-state index in [1.807, 2.05) is 67.7 Å². The number of methoxy groups -OCH3 is 2. The molecule has 1 saturated heterocycles. The van der Waals surface area contributed by atoms with Crippen molar-refractivity contribution >= 4 is 17.9 Å². The van der Waals surface area contributed by atoms with Gasteiger partial charge < -0.3 is 9.47 Å². The number of hydrogen-bond donors (Lipinski definition) is 0. The molecule has 4 nitrogen and oxygen atoms in total. The Hall–Kier alpha value is -2.85. The Morgan fingerprint density at radius 3 is 1.50 bits per heavy atom. The van der Waals surface area contributed by atoms with Gasteiger partial charge in [-0.25, -0.2) is 0 Å². The van der Waals surface area contributed by atoms with Gasteiger partial charge in [0.1, 0.15) is 11.5 Å². The van der Waals surface area contributed by atoms with Crippen LogP contribution in [0.25, 0.3) is 12.2 Å². The minimum Gasteiger partial charge on any atom is -0.497 e. The van der Waals surface area contributed by atoms with Gasteiger partial charge >= 0.3 is 0 Å². The highest BCUT2D eigenvalue weighted by atomic mass is 16.5. The number of carbonyl (C=O) groups excluding carboxylic acids is 1. The maximum Gasteiger partial charge on any atom is 0.187 e. The number of carbonyl (C=O) groups is 1. The maximum atomic E-state index is 12.9. The van der Waals surface area contributed by atoms with Crippen LogP contribution in [0, 0.1) is 0 Å². The second kappa shape index (κ2) is 8.02. The van der Waals surface area contributed by atoms with E-state index >= 15 is 0 Å². The Morgan fingerprint density at radius 2 is 1.15 bits per heavy atom. The Labute approximate surface area is 154 Å². The summed E-state index contributed by atoms with van der Waals surface area (Å²) in [4.78, 5) is 15.1. The molecular formula is C22H23NO3. The third-order valence-corrected chi connectivity index (χ3v) is 4.38. The van der Waals surface area contributed by atoms with E-state index in [0.29, 0.717) is 13.1 Å².